The molecule has 0 aliphatic carbocycles. The third kappa shape index (κ3) is 16.7. The second-order valence-electron chi connectivity index (χ2n) is 29.1. The van der Waals surface area contributed by atoms with Gasteiger partial charge in [-0.05, 0) is 145 Å². The molecule has 25 rings (SSSR count). The fourth-order valence-corrected chi connectivity index (χ4v) is 17.6. The van der Waals surface area contributed by atoms with Crippen molar-refractivity contribution in [3.05, 3.63) is 436 Å². The van der Waals surface area contributed by atoms with Gasteiger partial charge in [-0.2, -0.15) is 20.3 Å². The summed E-state index contributed by atoms with van der Waals surface area (Å²) in [5.41, 5.74) is 24.6. The Kier molecular flexibility index (Phi) is 25.4. The average molecular weight is 2140 g/mol. The Morgan fingerprint density at radius 2 is 0.992 bits per heavy atom. The summed E-state index contributed by atoms with van der Waals surface area (Å²) in [5.74, 6) is 2.14. The summed E-state index contributed by atoms with van der Waals surface area (Å²) in [5, 5.41) is 17.3. The zero-order valence-corrected chi connectivity index (χ0v) is 74.7. The molecule has 11 heterocycles. The molecule has 2 aliphatic rings. The van der Waals surface area contributed by atoms with Crippen molar-refractivity contribution in [1.82, 2.24) is 37.9 Å². The summed E-state index contributed by atoms with van der Waals surface area (Å²) in [6.07, 6.45) is 6.85. The molecular weight excluding hydrogens is 2070 g/mol. The molecule has 0 saturated heterocycles. The maximum atomic E-state index is 10.0. The van der Waals surface area contributed by atoms with Gasteiger partial charge in [-0.1, -0.05) is 193 Å². The fourth-order valence-electron chi connectivity index (χ4n) is 16.4. The van der Waals surface area contributed by atoms with Gasteiger partial charge >= 0.3 is 0 Å². The van der Waals surface area contributed by atoms with Crippen LogP contribution in [-0.4, -0.2) is 48.8 Å². The number of fused-ring (bicyclic) bond motifs is 20. The van der Waals surface area contributed by atoms with Gasteiger partial charge in [0.2, 0.25) is 0 Å². The van der Waals surface area contributed by atoms with Crippen LogP contribution in [0.4, 0.5) is 0 Å². The van der Waals surface area contributed by atoms with Crippen LogP contribution in [-0.2, 0) is 78.2 Å². The van der Waals surface area contributed by atoms with Crippen LogP contribution >= 0.6 is 11.3 Å². The number of pyridine rings is 4. The third-order valence-corrected chi connectivity index (χ3v) is 22.7. The van der Waals surface area contributed by atoms with Crippen molar-refractivity contribution in [1.29, 1.82) is 0 Å². The van der Waals surface area contributed by atoms with Gasteiger partial charge in [-0.15, -0.1) is 131 Å². The van der Waals surface area contributed by atoms with Gasteiger partial charge in [-0.25, -0.2) is 9.13 Å². The van der Waals surface area contributed by atoms with E-state index >= 15 is 0 Å². The summed E-state index contributed by atoms with van der Waals surface area (Å²) in [4.78, 5) is 28.1. The maximum absolute atomic E-state index is 10.0. The number of aromatic nitrogens is 10. The predicted octanol–water partition coefficient (Wildman–Crippen LogP) is 24.4. The SMILES string of the molecule is CC(=O)C=C(C)O.[Ir].[Ir].[Ir].[c-]1ccc2c(sc3ccccc32)c1-c1ccccn1.[c-]1cccc2ccn3c4ccccc4nc3c12.[c-]1ccccc1-c1ccccn1.[c-]1ccccc1-c1nc2ccccc2n1-c1ccccc1.c1cc2c3c(c1)c1ccccc1n1c4ccccc4[n+](c31)C2.c1ccc(-n2c3[n+](c4ccccc42)Cc2ccccc2-3)cc1. The Hall–Kier alpha value is -13.6. The van der Waals surface area contributed by atoms with E-state index in [1.165, 1.54) is 123 Å². The van der Waals surface area contributed by atoms with Crippen LogP contribution in [0.2, 0.25) is 0 Å². The topological polar surface area (TPSA) is 115 Å². The summed E-state index contributed by atoms with van der Waals surface area (Å²) in [7, 11) is 0. The van der Waals surface area contributed by atoms with Gasteiger partial charge in [0.05, 0.1) is 50.2 Å². The molecule has 123 heavy (non-hydrogen) atoms. The molecule has 16 heteroatoms. The molecule has 0 amide bonds. The van der Waals surface area contributed by atoms with Crippen LogP contribution in [0, 0.1) is 24.3 Å². The molecule has 0 bridgehead atoms. The summed E-state index contributed by atoms with van der Waals surface area (Å²) < 4.78 is 16.6. The van der Waals surface area contributed by atoms with Gasteiger partial charge in [0.1, 0.15) is 24.3 Å². The molecule has 9 aromatic heterocycles. The molecule has 0 atom stereocenters. The number of imidazole rings is 4. The molecule has 12 nitrogen and oxygen atoms in total. The molecule has 0 spiro atoms. The van der Waals surface area contributed by atoms with E-state index in [4.69, 9.17) is 10.1 Å². The van der Waals surface area contributed by atoms with Crippen LogP contribution in [0.15, 0.2) is 400 Å². The first kappa shape index (κ1) is 83.0. The Bertz CT molecular complexity index is 7690. The quantitative estimate of drug-likeness (QED) is 0.0583. The number of nitrogens with zero attached hydrogens (tertiary/aromatic N) is 10. The number of aliphatic hydroxyl groups excluding tert-OH is 1. The molecule has 0 fully saturated rings. The van der Waals surface area contributed by atoms with Crippen molar-refractivity contribution in [3.8, 4) is 56.7 Å². The van der Waals surface area contributed by atoms with Crippen LogP contribution in [0.5, 0.6) is 0 Å². The molecule has 2 aliphatic heterocycles. The number of benzene rings is 14. The largest absolute Gasteiger partial charge is 0.512 e. The van der Waals surface area contributed by atoms with E-state index in [0.717, 1.165) is 85.8 Å². The minimum absolute atomic E-state index is 0. The number of carbonyl (C=O) groups excluding carboxylic acids is 1. The summed E-state index contributed by atoms with van der Waals surface area (Å²) in [6, 6.07) is 140. The average Bonchev–Trinajstić information content (AvgIpc) is 1.53. The van der Waals surface area contributed by atoms with Gasteiger partial charge < -0.3 is 24.0 Å². The molecule has 0 saturated carbocycles. The molecule has 23 aromatic rings. The fraction of sp³-hybridized carbons (Fsp3) is 0.0374. The number of hydrogen-bond acceptors (Lipinski definition) is 7. The number of thiophene rings is 1. The first-order valence-electron chi connectivity index (χ1n) is 39.8. The van der Waals surface area contributed by atoms with E-state index < -0.39 is 0 Å². The van der Waals surface area contributed by atoms with Crippen molar-refractivity contribution in [2.24, 2.45) is 0 Å². The Morgan fingerprint density at radius 3 is 1.68 bits per heavy atom. The molecule has 14 aromatic carbocycles. The number of hydrogen-bond donors (Lipinski definition) is 1. The van der Waals surface area contributed by atoms with Crippen molar-refractivity contribution in [3.63, 3.8) is 0 Å². The normalized spacial score (nSPS) is 11.3. The monoisotopic (exact) mass is 2140 g/mol. The van der Waals surface area contributed by atoms with E-state index in [-0.39, 0.29) is 71.9 Å². The number of para-hydroxylation sites is 11. The van der Waals surface area contributed by atoms with Crippen LogP contribution in [0.25, 0.3) is 165 Å². The minimum Gasteiger partial charge on any atom is -0.512 e. The predicted molar refractivity (Wildman–Crippen MR) is 489 cm³/mol. The van der Waals surface area contributed by atoms with Gasteiger partial charge in [-0.3, -0.25) is 14.8 Å². The van der Waals surface area contributed by atoms with Crippen molar-refractivity contribution in [2.45, 2.75) is 26.9 Å². The van der Waals surface area contributed by atoms with Crippen molar-refractivity contribution < 1.29 is 79.4 Å². The Morgan fingerprint density at radius 1 is 0.431 bits per heavy atom. The van der Waals surface area contributed by atoms with Gasteiger partial charge in [0.25, 0.3) is 11.5 Å². The Balaban J connectivity index is 0.000000108. The minimum atomic E-state index is -0.125. The number of aliphatic hydroxyl groups is 1. The molecule has 0 unspecified atom stereocenters. The van der Waals surface area contributed by atoms with Crippen molar-refractivity contribution in [2.75, 3.05) is 0 Å². The van der Waals surface area contributed by atoms with Crippen LogP contribution in [0.3, 0.4) is 0 Å². The summed E-state index contributed by atoms with van der Waals surface area (Å²) in [6.45, 7) is 4.77. The number of carbonyl (C=O) groups is 1. The van der Waals surface area contributed by atoms with E-state index in [2.05, 4.69) is 285 Å². The number of ketones is 1. The second-order valence-corrected chi connectivity index (χ2v) is 30.1. The van der Waals surface area contributed by atoms with Crippen molar-refractivity contribution >= 4 is 125 Å². The summed E-state index contributed by atoms with van der Waals surface area (Å²) >= 11 is 1.81. The van der Waals surface area contributed by atoms with Gasteiger partial charge in [0.15, 0.2) is 27.9 Å². The number of allylic oxidation sites excluding steroid dienone is 2. The smallest absolute Gasteiger partial charge is 0.296 e. The van der Waals surface area contributed by atoms with Gasteiger partial charge in [0, 0.05) is 111 Å². The van der Waals surface area contributed by atoms with Crippen LogP contribution < -0.4 is 9.13 Å². The molecule has 1 N–H and O–H groups in total. The van der Waals surface area contributed by atoms with Crippen LogP contribution in [0.1, 0.15) is 25.0 Å². The zero-order chi connectivity index (χ0) is 80.8. The third-order valence-electron chi connectivity index (χ3n) is 21.5. The Labute approximate surface area is 755 Å². The van der Waals surface area contributed by atoms with E-state index in [0.29, 0.717) is 0 Å². The maximum Gasteiger partial charge on any atom is 0.296 e. The molecule has 3 radical (unpaired) electrons. The van der Waals surface area contributed by atoms with E-state index in [9.17, 15) is 4.79 Å². The number of rotatable bonds is 6. The van der Waals surface area contributed by atoms with E-state index in [1.807, 2.05) is 175 Å². The standard InChI is InChI=1S/C20H13N2.C20H15N2.C19H13N2.C17H10NS.C15H9N2.C11H8N.C5H8O2.3Ir/c1-2-9-16-14(7-1)15-8-5-6-13-12-21-17-10-3-4-11-18(17)22(16)20(21)19(13)15;1-2-9-16(10-3-1)22-19-13-7-6-12-18(19)21-14-15-8-4-5-11-17(15)20(21)22;1-3-9-15(10-4-1)19-20-17-13-7-8-14-18(17)21(19)16-11-5-2-6-12-16;1-2-10-16-12(6-1)13-7-5-8-14(17(13)19-16)15-9-3-4-11-18-15;1-2-6-12-11(5-1)9-10-17-14-8-4-3-7-13(14)16-15(12)17;1-2-6-10(7-3-1)11-8-4-5-9-12-11;1-4(6)3-5(2)7;;;/h1-11H,12H2;1-13H,14H2;1-9,11-14H;1-7,9-11H;1-5,7-10H;1-6,8-9H;3,6H,1-2H3;;;/q2*+1;4*-1;;;;. The zero-order valence-electron chi connectivity index (χ0n) is 66.7. The first-order valence-corrected chi connectivity index (χ1v) is 40.7. The van der Waals surface area contributed by atoms with E-state index in [1.54, 1.807) is 6.20 Å². The molecule has 601 valence electrons. The first-order chi connectivity index (χ1) is 59.3. The molecular formula is C107H76Ir3N10O2S-2. The second kappa shape index (κ2) is 37.6.